The van der Waals surface area contributed by atoms with E-state index in [4.69, 9.17) is 9.47 Å². The molecular formula is C18H19NO3. The molecule has 0 fully saturated rings. The fraction of sp³-hybridized carbons (Fsp3) is 0.167. The Bertz CT molecular complexity index is 618. The lowest BCUT2D eigenvalue weighted by atomic mass is 10.2. The normalized spacial score (nSPS) is 9.86. The lowest BCUT2D eigenvalue weighted by Gasteiger charge is -2.08. The van der Waals surface area contributed by atoms with Crippen molar-refractivity contribution in [1.82, 2.24) is 5.32 Å². The predicted molar refractivity (Wildman–Crippen MR) is 86.4 cm³/mol. The van der Waals surface area contributed by atoms with Gasteiger partial charge in [0.15, 0.2) is 6.61 Å². The minimum Gasteiger partial charge on any atom is -0.484 e. The second-order valence-electron chi connectivity index (χ2n) is 4.77. The fourth-order valence-electron chi connectivity index (χ4n) is 1.73. The first-order valence-corrected chi connectivity index (χ1v) is 7.02. The van der Waals surface area contributed by atoms with Gasteiger partial charge in [-0.05, 0) is 43.3 Å². The van der Waals surface area contributed by atoms with Crippen LogP contribution in [0.2, 0.25) is 0 Å². The van der Waals surface area contributed by atoms with Crippen LogP contribution in [0.15, 0.2) is 61.2 Å². The maximum absolute atomic E-state index is 11.4. The van der Waals surface area contributed by atoms with Gasteiger partial charge >= 0.3 is 0 Å². The van der Waals surface area contributed by atoms with Gasteiger partial charge in [0.25, 0.3) is 5.91 Å². The number of hydrogen-bond acceptors (Lipinski definition) is 3. The molecule has 0 aliphatic carbocycles. The molecule has 2 aromatic rings. The number of carbonyl (C=O) groups excluding carboxylic acids is 1. The molecular weight excluding hydrogens is 278 g/mol. The van der Waals surface area contributed by atoms with E-state index in [9.17, 15) is 4.79 Å². The molecule has 114 valence electrons. The van der Waals surface area contributed by atoms with Gasteiger partial charge in [-0.2, -0.15) is 0 Å². The van der Waals surface area contributed by atoms with Gasteiger partial charge in [0.2, 0.25) is 0 Å². The Hall–Kier alpha value is -2.75. The molecule has 0 saturated heterocycles. The molecule has 22 heavy (non-hydrogen) atoms. The molecule has 4 nitrogen and oxygen atoms in total. The second kappa shape index (κ2) is 7.88. The van der Waals surface area contributed by atoms with E-state index in [1.54, 1.807) is 30.3 Å². The highest BCUT2D eigenvalue weighted by atomic mass is 16.5. The highest BCUT2D eigenvalue weighted by molar-refractivity contribution is 5.77. The summed E-state index contributed by atoms with van der Waals surface area (Å²) in [6, 6.07) is 15.0. The molecule has 0 atom stereocenters. The lowest BCUT2D eigenvalue weighted by molar-refractivity contribution is -0.122. The summed E-state index contributed by atoms with van der Waals surface area (Å²) in [5.41, 5.74) is 1.19. The average molecular weight is 297 g/mol. The summed E-state index contributed by atoms with van der Waals surface area (Å²) in [4.78, 5) is 11.4. The zero-order chi connectivity index (χ0) is 15.8. The van der Waals surface area contributed by atoms with Crippen molar-refractivity contribution in [3.05, 3.63) is 66.7 Å². The van der Waals surface area contributed by atoms with Crippen molar-refractivity contribution < 1.29 is 14.3 Å². The van der Waals surface area contributed by atoms with Crippen LogP contribution >= 0.6 is 0 Å². The molecule has 0 spiro atoms. The van der Waals surface area contributed by atoms with Crippen LogP contribution in [0.1, 0.15) is 5.56 Å². The van der Waals surface area contributed by atoms with Crippen LogP contribution in [0, 0.1) is 6.92 Å². The van der Waals surface area contributed by atoms with Crippen LogP contribution < -0.4 is 14.8 Å². The zero-order valence-electron chi connectivity index (χ0n) is 12.5. The number of ether oxygens (including phenoxy) is 2. The number of amides is 1. The first-order valence-electron chi connectivity index (χ1n) is 7.02. The zero-order valence-corrected chi connectivity index (χ0v) is 12.5. The number of carbonyl (C=O) groups is 1. The average Bonchev–Trinajstić information content (AvgIpc) is 2.54. The lowest BCUT2D eigenvalue weighted by Crippen LogP contribution is -2.28. The molecule has 0 aliphatic rings. The van der Waals surface area contributed by atoms with Crippen molar-refractivity contribution in [2.24, 2.45) is 0 Å². The van der Waals surface area contributed by atoms with Crippen molar-refractivity contribution in [3.8, 4) is 17.2 Å². The minimum absolute atomic E-state index is 0.0218. The molecule has 0 bridgehead atoms. The number of hydrogen-bond donors (Lipinski definition) is 1. The van der Waals surface area contributed by atoms with Crippen molar-refractivity contribution in [2.75, 3.05) is 13.2 Å². The molecule has 0 heterocycles. The Balaban J connectivity index is 1.86. The summed E-state index contributed by atoms with van der Waals surface area (Å²) in [5.74, 6) is 1.93. The predicted octanol–water partition coefficient (Wildman–Crippen LogP) is 3.47. The van der Waals surface area contributed by atoms with E-state index in [0.29, 0.717) is 18.0 Å². The smallest absolute Gasteiger partial charge is 0.258 e. The highest BCUT2D eigenvalue weighted by Crippen LogP contribution is 2.24. The van der Waals surface area contributed by atoms with Crippen molar-refractivity contribution in [2.45, 2.75) is 6.92 Å². The summed E-state index contributed by atoms with van der Waals surface area (Å²) in [5, 5.41) is 2.64. The topological polar surface area (TPSA) is 47.6 Å². The van der Waals surface area contributed by atoms with E-state index >= 15 is 0 Å². The summed E-state index contributed by atoms with van der Waals surface area (Å²) in [6.07, 6.45) is 1.62. The first-order chi connectivity index (χ1) is 10.7. The Labute approximate surface area is 130 Å². The summed E-state index contributed by atoms with van der Waals surface area (Å²) >= 11 is 0. The van der Waals surface area contributed by atoms with Crippen LogP contribution in [-0.4, -0.2) is 19.1 Å². The second-order valence-corrected chi connectivity index (χ2v) is 4.77. The summed E-state index contributed by atoms with van der Waals surface area (Å²) in [7, 11) is 0. The van der Waals surface area contributed by atoms with Crippen LogP contribution in [0.5, 0.6) is 17.2 Å². The number of aryl methyl sites for hydroxylation is 1. The number of rotatable bonds is 7. The van der Waals surface area contributed by atoms with Gasteiger partial charge in [-0.1, -0.05) is 23.8 Å². The standard InChI is InChI=1S/C18H19NO3/c1-3-12-19-18(20)13-21-15-8-10-17(11-9-15)22-16-6-4-14(2)5-7-16/h3-11H,1,12-13H2,2H3,(H,19,20). The van der Waals surface area contributed by atoms with Gasteiger partial charge in [-0.3, -0.25) is 4.79 Å². The van der Waals surface area contributed by atoms with Crippen molar-refractivity contribution >= 4 is 5.91 Å². The molecule has 0 saturated carbocycles. The molecule has 1 amide bonds. The van der Waals surface area contributed by atoms with Gasteiger partial charge in [0, 0.05) is 6.54 Å². The van der Waals surface area contributed by atoms with E-state index in [1.165, 1.54) is 5.56 Å². The summed E-state index contributed by atoms with van der Waals surface area (Å²) < 4.78 is 11.1. The quantitative estimate of drug-likeness (QED) is 0.796. The molecule has 4 heteroatoms. The third-order valence-corrected chi connectivity index (χ3v) is 2.89. The maximum atomic E-state index is 11.4. The van der Waals surface area contributed by atoms with Gasteiger partial charge in [-0.25, -0.2) is 0 Å². The van der Waals surface area contributed by atoms with E-state index < -0.39 is 0 Å². The maximum Gasteiger partial charge on any atom is 0.258 e. The molecule has 0 unspecified atom stereocenters. The SMILES string of the molecule is C=CCNC(=O)COc1ccc(Oc2ccc(C)cc2)cc1. The van der Waals surface area contributed by atoms with Gasteiger partial charge in [0.05, 0.1) is 0 Å². The third-order valence-electron chi connectivity index (χ3n) is 2.89. The molecule has 0 aliphatic heterocycles. The Morgan fingerprint density at radius 2 is 1.59 bits per heavy atom. The van der Waals surface area contributed by atoms with E-state index in [1.807, 2.05) is 31.2 Å². The number of nitrogens with one attached hydrogen (secondary N) is 1. The highest BCUT2D eigenvalue weighted by Gasteiger charge is 2.02. The third kappa shape index (κ3) is 4.98. The van der Waals surface area contributed by atoms with Crippen molar-refractivity contribution in [1.29, 1.82) is 0 Å². The van der Waals surface area contributed by atoms with Crippen LogP contribution in [0.4, 0.5) is 0 Å². The van der Waals surface area contributed by atoms with Gasteiger partial charge in [0.1, 0.15) is 17.2 Å². The number of benzene rings is 2. The molecule has 0 aromatic heterocycles. The molecule has 0 radical (unpaired) electrons. The van der Waals surface area contributed by atoms with Crippen LogP contribution in [0.3, 0.4) is 0 Å². The van der Waals surface area contributed by atoms with Gasteiger partial charge in [-0.15, -0.1) is 6.58 Å². The Morgan fingerprint density at radius 1 is 1.05 bits per heavy atom. The Kier molecular flexibility index (Phi) is 5.60. The van der Waals surface area contributed by atoms with E-state index in [-0.39, 0.29) is 12.5 Å². The fourth-order valence-corrected chi connectivity index (χ4v) is 1.73. The Morgan fingerprint density at radius 3 is 2.18 bits per heavy atom. The summed E-state index contributed by atoms with van der Waals surface area (Å²) in [6.45, 7) is 5.97. The largest absolute Gasteiger partial charge is 0.484 e. The van der Waals surface area contributed by atoms with Crippen LogP contribution in [0.25, 0.3) is 0 Å². The molecule has 2 rings (SSSR count). The molecule has 1 N–H and O–H groups in total. The first kappa shape index (κ1) is 15.6. The van der Waals surface area contributed by atoms with E-state index in [2.05, 4.69) is 11.9 Å². The molecule has 2 aromatic carbocycles. The van der Waals surface area contributed by atoms with Gasteiger partial charge < -0.3 is 14.8 Å². The van der Waals surface area contributed by atoms with Crippen molar-refractivity contribution in [3.63, 3.8) is 0 Å². The minimum atomic E-state index is -0.181. The van der Waals surface area contributed by atoms with Crippen LogP contribution in [-0.2, 0) is 4.79 Å². The monoisotopic (exact) mass is 297 g/mol. The van der Waals surface area contributed by atoms with E-state index in [0.717, 1.165) is 5.75 Å².